The van der Waals surface area contributed by atoms with E-state index in [0.29, 0.717) is 11.6 Å². The van der Waals surface area contributed by atoms with E-state index in [2.05, 4.69) is 33.4 Å². The fourth-order valence-corrected chi connectivity index (χ4v) is 2.98. The second-order valence-corrected chi connectivity index (χ2v) is 5.99. The van der Waals surface area contributed by atoms with Crippen LogP contribution < -0.4 is 5.32 Å². The van der Waals surface area contributed by atoms with Gasteiger partial charge in [-0.2, -0.15) is 0 Å². The van der Waals surface area contributed by atoms with E-state index < -0.39 is 0 Å². The zero-order valence-electron chi connectivity index (χ0n) is 11.0. The molecule has 0 aliphatic carbocycles. The highest BCUT2D eigenvalue weighted by atomic mass is 79.9. The van der Waals surface area contributed by atoms with Crippen LogP contribution in [0.4, 0.5) is 10.1 Å². The molecule has 4 heteroatoms. The van der Waals surface area contributed by atoms with Crippen molar-refractivity contribution in [2.45, 2.75) is 6.54 Å². The topological polar surface area (TPSA) is 12.0 Å². The Morgan fingerprint density at radius 2 is 1.76 bits per heavy atom. The van der Waals surface area contributed by atoms with Crippen LogP contribution in [-0.4, -0.2) is 0 Å². The monoisotopic (exact) mass is 363 g/mol. The first-order chi connectivity index (χ1) is 10.1. The summed E-state index contributed by atoms with van der Waals surface area (Å²) in [6.45, 7) is 0.546. The molecule has 0 bridgehead atoms. The Balaban J connectivity index is 1.90. The van der Waals surface area contributed by atoms with Crippen molar-refractivity contribution < 1.29 is 4.39 Å². The van der Waals surface area contributed by atoms with E-state index in [0.717, 1.165) is 26.5 Å². The molecule has 0 fully saturated rings. The number of hydrogen-bond donors (Lipinski definition) is 1. The molecule has 0 saturated carbocycles. The molecule has 106 valence electrons. The maximum absolute atomic E-state index is 13.1. The lowest BCUT2D eigenvalue weighted by atomic mass is 10.1. The molecule has 0 radical (unpaired) electrons. The summed E-state index contributed by atoms with van der Waals surface area (Å²) in [6, 6.07) is 16.6. The Labute approximate surface area is 135 Å². The summed E-state index contributed by atoms with van der Waals surface area (Å²) in [7, 11) is 0. The Bertz CT molecular complexity index is 804. The van der Waals surface area contributed by atoms with E-state index in [-0.39, 0.29) is 5.82 Å². The number of rotatable bonds is 3. The van der Waals surface area contributed by atoms with Gasteiger partial charge in [0.15, 0.2) is 0 Å². The smallest absolute Gasteiger partial charge is 0.124 e. The Morgan fingerprint density at radius 1 is 1.00 bits per heavy atom. The first-order valence-electron chi connectivity index (χ1n) is 6.50. The zero-order chi connectivity index (χ0) is 14.8. The SMILES string of the molecule is Fc1ccc(CNc2ccc(Br)c3ccccc23)c(Cl)c1. The van der Waals surface area contributed by atoms with Crippen molar-refractivity contribution in [2.24, 2.45) is 0 Å². The van der Waals surface area contributed by atoms with Gasteiger partial charge >= 0.3 is 0 Å². The summed E-state index contributed by atoms with van der Waals surface area (Å²) >= 11 is 9.61. The first-order valence-corrected chi connectivity index (χ1v) is 7.67. The Morgan fingerprint density at radius 3 is 2.52 bits per heavy atom. The summed E-state index contributed by atoms with van der Waals surface area (Å²) in [5, 5.41) is 6.07. The van der Waals surface area contributed by atoms with Crippen LogP contribution in [0.25, 0.3) is 10.8 Å². The van der Waals surface area contributed by atoms with Gasteiger partial charge in [0.1, 0.15) is 5.82 Å². The highest BCUT2D eigenvalue weighted by molar-refractivity contribution is 9.10. The number of nitrogens with one attached hydrogen (secondary N) is 1. The molecule has 0 aliphatic heterocycles. The minimum atomic E-state index is -0.321. The van der Waals surface area contributed by atoms with E-state index in [1.165, 1.54) is 12.1 Å². The molecule has 0 unspecified atom stereocenters. The minimum absolute atomic E-state index is 0.321. The van der Waals surface area contributed by atoms with Gasteiger partial charge in [-0.25, -0.2) is 4.39 Å². The largest absolute Gasteiger partial charge is 0.380 e. The molecular weight excluding hydrogens is 353 g/mol. The van der Waals surface area contributed by atoms with Gasteiger partial charge in [-0.3, -0.25) is 0 Å². The molecule has 0 amide bonds. The second kappa shape index (κ2) is 6.04. The molecule has 21 heavy (non-hydrogen) atoms. The molecule has 0 saturated heterocycles. The van der Waals surface area contributed by atoms with Gasteiger partial charge < -0.3 is 5.32 Å². The lowest BCUT2D eigenvalue weighted by molar-refractivity contribution is 0.627. The van der Waals surface area contributed by atoms with Crippen molar-refractivity contribution in [3.63, 3.8) is 0 Å². The number of benzene rings is 3. The molecular formula is C17H12BrClFN. The summed E-state index contributed by atoms with van der Waals surface area (Å²) in [5.41, 5.74) is 1.89. The van der Waals surface area contributed by atoms with Gasteiger partial charge in [0, 0.05) is 27.1 Å². The maximum Gasteiger partial charge on any atom is 0.124 e. The normalized spacial score (nSPS) is 10.8. The van der Waals surface area contributed by atoms with Crippen molar-refractivity contribution in [3.05, 3.63) is 75.5 Å². The molecule has 0 aromatic heterocycles. The third kappa shape index (κ3) is 3.04. The lowest BCUT2D eigenvalue weighted by Gasteiger charge is -2.12. The highest BCUT2D eigenvalue weighted by Gasteiger charge is 2.06. The molecule has 0 atom stereocenters. The van der Waals surface area contributed by atoms with E-state index in [9.17, 15) is 4.39 Å². The minimum Gasteiger partial charge on any atom is -0.380 e. The third-order valence-corrected chi connectivity index (χ3v) is 4.40. The molecule has 3 aromatic rings. The molecule has 3 aromatic carbocycles. The zero-order valence-corrected chi connectivity index (χ0v) is 13.4. The maximum atomic E-state index is 13.1. The molecule has 0 aliphatic rings. The van der Waals surface area contributed by atoms with Crippen LogP contribution in [0.2, 0.25) is 5.02 Å². The number of halogens is 3. The van der Waals surface area contributed by atoms with Crippen LogP contribution in [0.5, 0.6) is 0 Å². The Kier molecular flexibility index (Phi) is 4.13. The predicted octanol–water partition coefficient (Wildman–Crippen LogP) is 6.01. The van der Waals surface area contributed by atoms with Crippen molar-refractivity contribution in [1.29, 1.82) is 0 Å². The van der Waals surface area contributed by atoms with Crippen LogP contribution in [0.15, 0.2) is 59.1 Å². The predicted molar refractivity (Wildman–Crippen MR) is 90.4 cm³/mol. The molecule has 1 nitrogen and oxygen atoms in total. The van der Waals surface area contributed by atoms with Gasteiger partial charge in [0.25, 0.3) is 0 Å². The van der Waals surface area contributed by atoms with Gasteiger partial charge in [-0.15, -0.1) is 0 Å². The average molecular weight is 365 g/mol. The van der Waals surface area contributed by atoms with Crippen molar-refractivity contribution in [1.82, 2.24) is 0 Å². The van der Waals surface area contributed by atoms with Gasteiger partial charge in [-0.1, -0.05) is 57.9 Å². The van der Waals surface area contributed by atoms with Crippen LogP contribution in [0, 0.1) is 5.82 Å². The van der Waals surface area contributed by atoms with Gasteiger partial charge in [-0.05, 0) is 35.2 Å². The Hall–Kier alpha value is -1.58. The standard InChI is InChI=1S/C17H12BrClFN/c18-15-7-8-17(14-4-2-1-3-13(14)15)21-10-11-5-6-12(20)9-16(11)19/h1-9,21H,10H2. The average Bonchev–Trinajstić information content (AvgIpc) is 2.48. The molecule has 0 spiro atoms. The molecule has 0 heterocycles. The number of fused-ring (bicyclic) bond motifs is 1. The number of anilines is 1. The van der Waals surface area contributed by atoms with Crippen molar-refractivity contribution in [3.8, 4) is 0 Å². The fraction of sp³-hybridized carbons (Fsp3) is 0.0588. The van der Waals surface area contributed by atoms with E-state index >= 15 is 0 Å². The highest BCUT2D eigenvalue weighted by Crippen LogP contribution is 2.30. The van der Waals surface area contributed by atoms with Crippen molar-refractivity contribution >= 4 is 44.0 Å². The van der Waals surface area contributed by atoms with E-state index in [1.54, 1.807) is 6.07 Å². The van der Waals surface area contributed by atoms with E-state index in [4.69, 9.17) is 11.6 Å². The van der Waals surface area contributed by atoms with Crippen LogP contribution in [0.1, 0.15) is 5.56 Å². The van der Waals surface area contributed by atoms with Gasteiger partial charge in [0.05, 0.1) is 0 Å². The summed E-state index contributed by atoms with van der Waals surface area (Å²) < 4.78 is 14.1. The number of hydrogen-bond acceptors (Lipinski definition) is 1. The first kappa shape index (κ1) is 14.4. The van der Waals surface area contributed by atoms with Crippen LogP contribution >= 0.6 is 27.5 Å². The molecule has 3 rings (SSSR count). The molecule has 1 N–H and O–H groups in total. The lowest BCUT2D eigenvalue weighted by Crippen LogP contribution is -2.01. The fourth-order valence-electron chi connectivity index (χ4n) is 2.27. The van der Waals surface area contributed by atoms with Crippen molar-refractivity contribution in [2.75, 3.05) is 5.32 Å². The van der Waals surface area contributed by atoms with Gasteiger partial charge in [0.2, 0.25) is 0 Å². The van der Waals surface area contributed by atoms with Crippen LogP contribution in [0.3, 0.4) is 0 Å². The summed E-state index contributed by atoms with van der Waals surface area (Å²) in [5.74, 6) is -0.321. The van der Waals surface area contributed by atoms with E-state index in [1.807, 2.05) is 24.3 Å². The third-order valence-electron chi connectivity index (χ3n) is 3.36. The summed E-state index contributed by atoms with van der Waals surface area (Å²) in [6.07, 6.45) is 0. The second-order valence-electron chi connectivity index (χ2n) is 4.73. The quantitative estimate of drug-likeness (QED) is 0.600. The van der Waals surface area contributed by atoms with Crippen LogP contribution in [-0.2, 0) is 6.54 Å². The summed E-state index contributed by atoms with van der Waals surface area (Å²) in [4.78, 5) is 0.